The maximum Gasteiger partial charge on any atom is 0.410 e. The summed E-state index contributed by atoms with van der Waals surface area (Å²) in [5, 5.41) is 11.4. The number of carboxylic acid groups (broad SMARTS) is 1. The maximum atomic E-state index is 12.4. The first-order chi connectivity index (χ1) is 14.1. The van der Waals surface area contributed by atoms with Crippen molar-refractivity contribution in [3.05, 3.63) is 29.8 Å². The molecule has 1 rings (SSSR count). The number of nitrogens with one attached hydrogen (secondary N) is 1. The van der Waals surface area contributed by atoms with Gasteiger partial charge in [0.2, 0.25) is 0 Å². The monoisotopic (exact) mass is 458 g/mol. The standard InChI is InChI=1S/C20H30N2O6S2/c1-20(2,3)28-19(26)22(4)11-12-27-16-8-6-5-7-15(16)18(25)21-10-14-30-29-13-9-17(23)24/h5-8H,9-14H2,1-4H3,(H,21,25)(H,23,24). The van der Waals surface area contributed by atoms with Crippen LogP contribution in [0.5, 0.6) is 5.75 Å². The Morgan fingerprint density at radius 2 is 1.80 bits per heavy atom. The molecule has 0 saturated heterocycles. The molecule has 0 heterocycles. The van der Waals surface area contributed by atoms with Crippen LogP contribution in [0.3, 0.4) is 0 Å². The lowest BCUT2D eigenvalue weighted by atomic mass is 10.2. The summed E-state index contributed by atoms with van der Waals surface area (Å²) in [5.41, 5.74) is -0.148. The topological polar surface area (TPSA) is 105 Å². The number of amides is 2. The van der Waals surface area contributed by atoms with Crippen molar-refractivity contribution in [2.24, 2.45) is 0 Å². The predicted octanol–water partition coefficient (Wildman–Crippen LogP) is 3.52. The second-order valence-corrected chi connectivity index (χ2v) is 9.99. The number of ether oxygens (including phenoxy) is 2. The molecule has 0 aliphatic heterocycles. The SMILES string of the molecule is CN(CCOc1ccccc1C(=O)NCCSSCCC(=O)O)C(=O)OC(C)(C)C. The van der Waals surface area contributed by atoms with Gasteiger partial charge in [-0.25, -0.2) is 4.79 Å². The zero-order chi connectivity index (χ0) is 22.6. The Kier molecular flexibility index (Phi) is 11.5. The Hall–Kier alpha value is -2.07. The van der Waals surface area contributed by atoms with Gasteiger partial charge in [-0.15, -0.1) is 0 Å². The van der Waals surface area contributed by atoms with Gasteiger partial charge in [0, 0.05) is 25.1 Å². The second-order valence-electron chi connectivity index (χ2n) is 7.29. The third-order valence-electron chi connectivity index (χ3n) is 3.47. The third kappa shape index (κ3) is 11.2. The Morgan fingerprint density at radius 1 is 1.13 bits per heavy atom. The van der Waals surface area contributed by atoms with Gasteiger partial charge in [-0.1, -0.05) is 33.7 Å². The van der Waals surface area contributed by atoms with E-state index in [0.29, 0.717) is 35.9 Å². The number of benzene rings is 1. The number of carbonyl (C=O) groups is 3. The van der Waals surface area contributed by atoms with Crippen molar-refractivity contribution in [3.63, 3.8) is 0 Å². The lowest BCUT2D eigenvalue weighted by Gasteiger charge is -2.24. The number of para-hydroxylation sites is 1. The molecule has 0 radical (unpaired) electrons. The molecule has 2 amide bonds. The molecule has 0 bridgehead atoms. The number of carboxylic acids is 1. The zero-order valence-electron chi connectivity index (χ0n) is 17.8. The van der Waals surface area contributed by atoms with Crippen LogP contribution in [0.2, 0.25) is 0 Å². The molecule has 0 aromatic heterocycles. The number of rotatable bonds is 12. The van der Waals surface area contributed by atoms with E-state index in [1.807, 2.05) is 0 Å². The number of aliphatic carboxylic acids is 1. The van der Waals surface area contributed by atoms with Crippen molar-refractivity contribution >= 4 is 39.6 Å². The number of nitrogens with zero attached hydrogens (tertiary/aromatic N) is 1. The van der Waals surface area contributed by atoms with Gasteiger partial charge in [0.25, 0.3) is 5.91 Å². The fourth-order valence-electron chi connectivity index (χ4n) is 2.05. The molecule has 1 aromatic carbocycles. The van der Waals surface area contributed by atoms with E-state index < -0.39 is 17.7 Å². The molecule has 0 fully saturated rings. The second kappa shape index (κ2) is 13.3. The Labute approximate surface area is 185 Å². The van der Waals surface area contributed by atoms with E-state index in [2.05, 4.69) is 5.32 Å². The molecule has 0 aliphatic rings. The molecule has 2 N–H and O–H groups in total. The Bertz CT molecular complexity index is 709. The summed E-state index contributed by atoms with van der Waals surface area (Å²) in [6.07, 6.45) is -0.312. The van der Waals surface area contributed by atoms with Gasteiger partial charge in [-0.3, -0.25) is 9.59 Å². The van der Waals surface area contributed by atoms with Crippen LogP contribution in [-0.4, -0.2) is 71.8 Å². The van der Waals surface area contributed by atoms with Gasteiger partial charge in [0.05, 0.1) is 18.5 Å². The molecule has 0 saturated carbocycles. The van der Waals surface area contributed by atoms with Crippen LogP contribution in [0.4, 0.5) is 4.79 Å². The summed E-state index contributed by atoms with van der Waals surface area (Å²) < 4.78 is 11.0. The summed E-state index contributed by atoms with van der Waals surface area (Å²) in [6, 6.07) is 6.92. The van der Waals surface area contributed by atoms with E-state index in [1.165, 1.54) is 26.5 Å². The quantitative estimate of drug-likeness (QED) is 0.362. The average molecular weight is 459 g/mol. The van der Waals surface area contributed by atoms with Crippen molar-refractivity contribution in [1.29, 1.82) is 0 Å². The zero-order valence-corrected chi connectivity index (χ0v) is 19.4. The third-order valence-corrected chi connectivity index (χ3v) is 5.88. The van der Waals surface area contributed by atoms with Gasteiger partial charge in [-0.2, -0.15) is 0 Å². The smallest absolute Gasteiger partial charge is 0.410 e. The molecule has 8 nitrogen and oxygen atoms in total. The van der Waals surface area contributed by atoms with Crippen molar-refractivity contribution in [2.45, 2.75) is 32.8 Å². The Morgan fingerprint density at radius 3 is 2.47 bits per heavy atom. The highest BCUT2D eigenvalue weighted by atomic mass is 33.1. The van der Waals surface area contributed by atoms with Crippen LogP contribution in [-0.2, 0) is 9.53 Å². The molecule has 0 unspecified atom stereocenters. The van der Waals surface area contributed by atoms with E-state index in [0.717, 1.165) is 0 Å². The highest BCUT2D eigenvalue weighted by Crippen LogP contribution is 2.21. The van der Waals surface area contributed by atoms with Gasteiger partial charge in [-0.05, 0) is 32.9 Å². The van der Waals surface area contributed by atoms with Crippen LogP contribution < -0.4 is 10.1 Å². The molecule has 30 heavy (non-hydrogen) atoms. The van der Waals surface area contributed by atoms with E-state index in [-0.39, 0.29) is 18.9 Å². The molecular formula is C20H30N2O6S2. The summed E-state index contributed by atoms with van der Waals surface area (Å²) in [5.74, 6) is 0.575. The van der Waals surface area contributed by atoms with E-state index in [1.54, 1.807) is 52.1 Å². The normalized spacial score (nSPS) is 10.9. The van der Waals surface area contributed by atoms with Crippen LogP contribution in [0.25, 0.3) is 0 Å². The summed E-state index contributed by atoms with van der Waals surface area (Å²) in [6.45, 7) is 6.40. The summed E-state index contributed by atoms with van der Waals surface area (Å²) >= 11 is 0. The maximum absolute atomic E-state index is 12.4. The highest BCUT2D eigenvalue weighted by molar-refractivity contribution is 8.76. The molecule has 10 heteroatoms. The van der Waals surface area contributed by atoms with Gasteiger partial charge in [0.1, 0.15) is 18.0 Å². The molecular weight excluding hydrogens is 428 g/mol. The molecule has 0 atom stereocenters. The molecule has 168 valence electrons. The highest BCUT2D eigenvalue weighted by Gasteiger charge is 2.19. The summed E-state index contributed by atoms with van der Waals surface area (Å²) in [4.78, 5) is 36.3. The molecule has 0 spiro atoms. The lowest BCUT2D eigenvalue weighted by Crippen LogP contribution is -2.36. The van der Waals surface area contributed by atoms with Crippen LogP contribution >= 0.6 is 21.6 Å². The van der Waals surface area contributed by atoms with Crippen molar-refractivity contribution in [2.75, 3.05) is 38.2 Å². The fourth-order valence-corrected chi connectivity index (χ4v) is 3.94. The molecule has 1 aromatic rings. The minimum Gasteiger partial charge on any atom is -0.491 e. The van der Waals surface area contributed by atoms with Gasteiger partial charge < -0.3 is 24.8 Å². The van der Waals surface area contributed by atoms with E-state index in [4.69, 9.17) is 14.6 Å². The average Bonchev–Trinajstić information content (AvgIpc) is 2.65. The van der Waals surface area contributed by atoms with Crippen LogP contribution in [0.15, 0.2) is 24.3 Å². The predicted molar refractivity (Wildman–Crippen MR) is 120 cm³/mol. The fraction of sp³-hybridized carbons (Fsp3) is 0.550. The first-order valence-corrected chi connectivity index (χ1v) is 12.0. The molecule has 0 aliphatic carbocycles. The minimum absolute atomic E-state index is 0.123. The number of hydrogen-bond acceptors (Lipinski definition) is 7. The van der Waals surface area contributed by atoms with Crippen molar-refractivity contribution in [3.8, 4) is 5.75 Å². The number of hydrogen-bond donors (Lipinski definition) is 2. The van der Waals surface area contributed by atoms with Gasteiger partial charge >= 0.3 is 12.1 Å². The number of carbonyl (C=O) groups excluding carboxylic acids is 2. The first-order valence-electron chi connectivity index (χ1n) is 9.50. The largest absolute Gasteiger partial charge is 0.491 e. The number of likely N-dealkylation sites (N-methyl/N-ethyl adjacent to an activating group) is 1. The van der Waals surface area contributed by atoms with Crippen LogP contribution in [0.1, 0.15) is 37.6 Å². The van der Waals surface area contributed by atoms with Crippen molar-refractivity contribution in [1.82, 2.24) is 10.2 Å². The van der Waals surface area contributed by atoms with Crippen molar-refractivity contribution < 1.29 is 29.0 Å². The van der Waals surface area contributed by atoms with Crippen LogP contribution in [0, 0.1) is 0 Å². The minimum atomic E-state index is -0.815. The first kappa shape index (κ1) is 26.0. The summed E-state index contributed by atoms with van der Waals surface area (Å²) in [7, 11) is 4.61. The van der Waals surface area contributed by atoms with E-state index >= 15 is 0 Å². The van der Waals surface area contributed by atoms with Gasteiger partial charge in [0.15, 0.2) is 0 Å². The Balaban J connectivity index is 2.41. The lowest BCUT2D eigenvalue weighted by molar-refractivity contribution is -0.136. The van der Waals surface area contributed by atoms with E-state index in [9.17, 15) is 14.4 Å².